The van der Waals surface area contributed by atoms with Crippen molar-refractivity contribution in [2.75, 3.05) is 5.32 Å². The number of hydrogen-bond acceptors (Lipinski definition) is 4. The second-order valence-corrected chi connectivity index (χ2v) is 6.77. The van der Waals surface area contributed by atoms with Crippen LogP contribution in [0, 0.1) is 0 Å². The molecule has 116 valence electrons. The average molecular weight is 360 g/mol. The van der Waals surface area contributed by atoms with Gasteiger partial charge in [0.15, 0.2) is 0 Å². The quantitative estimate of drug-likeness (QED) is 0.844. The van der Waals surface area contributed by atoms with Crippen molar-refractivity contribution >= 4 is 44.9 Å². The Bertz CT molecular complexity index is 784. The van der Waals surface area contributed by atoms with Crippen LogP contribution in [0.15, 0.2) is 47.4 Å². The maximum Gasteiger partial charge on any atom is 0.339 e. The minimum Gasteiger partial charge on any atom is -0.379 e. The third-order valence-electron chi connectivity index (χ3n) is 2.51. The fourth-order valence-electron chi connectivity index (χ4n) is 1.64. The zero-order chi connectivity index (χ0) is 16.3. The summed E-state index contributed by atoms with van der Waals surface area (Å²) < 4.78 is 29.3. The lowest BCUT2D eigenvalue weighted by Gasteiger charge is -2.09. The van der Waals surface area contributed by atoms with Crippen LogP contribution in [0.4, 0.5) is 5.69 Å². The van der Waals surface area contributed by atoms with E-state index in [0.717, 1.165) is 0 Å². The summed E-state index contributed by atoms with van der Waals surface area (Å²) in [5, 5.41) is 2.94. The van der Waals surface area contributed by atoms with Crippen LogP contribution >= 0.6 is 23.2 Å². The number of anilines is 1. The standard InChI is InChI=1S/C14H11Cl2NO4S/c1-9(18)17-12-2-4-13(5-3-12)21-22(19,20)14-7-10(15)6-11(16)8-14/h2-8H,1H3,(H,17,18). The highest BCUT2D eigenvalue weighted by Crippen LogP contribution is 2.25. The molecule has 22 heavy (non-hydrogen) atoms. The lowest BCUT2D eigenvalue weighted by atomic mass is 10.3. The fourth-order valence-corrected chi connectivity index (χ4v) is 3.30. The molecule has 0 aliphatic rings. The first-order chi connectivity index (χ1) is 10.3. The van der Waals surface area contributed by atoms with E-state index in [1.807, 2.05) is 0 Å². The molecule has 0 heterocycles. The number of carbonyl (C=O) groups excluding carboxylic acids is 1. The van der Waals surface area contributed by atoms with Crippen molar-refractivity contribution in [2.24, 2.45) is 0 Å². The van der Waals surface area contributed by atoms with Crippen LogP contribution in [0.3, 0.4) is 0 Å². The van der Waals surface area contributed by atoms with E-state index in [0.29, 0.717) is 5.69 Å². The Labute approximate surface area is 137 Å². The summed E-state index contributed by atoms with van der Waals surface area (Å²) in [5.74, 6) is -0.125. The first kappa shape index (κ1) is 16.6. The largest absolute Gasteiger partial charge is 0.379 e. The van der Waals surface area contributed by atoms with E-state index in [2.05, 4.69) is 5.32 Å². The number of nitrogens with one attached hydrogen (secondary N) is 1. The molecule has 0 saturated heterocycles. The summed E-state index contributed by atoms with van der Waals surface area (Å²) in [5.41, 5.74) is 0.531. The molecule has 0 saturated carbocycles. The van der Waals surface area contributed by atoms with Gasteiger partial charge < -0.3 is 9.50 Å². The van der Waals surface area contributed by atoms with E-state index in [1.165, 1.54) is 49.4 Å². The molecule has 0 radical (unpaired) electrons. The van der Waals surface area contributed by atoms with Crippen molar-refractivity contribution in [1.29, 1.82) is 0 Å². The van der Waals surface area contributed by atoms with Gasteiger partial charge in [-0.05, 0) is 42.5 Å². The summed E-state index contributed by atoms with van der Waals surface area (Å²) in [6, 6.07) is 9.81. The SMILES string of the molecule is CC(=O)Nc1ccc(OS(=O)(=O)c2cc(Cl)cc(Cl)c2)cc1. The van der Waals surface area contributed by atoms with E-state index in [4.69, 9.17) is 27.4 Å². The molecule has 0 aliphatic carbocycles. The molecular formula is C14H11Cl2NO4S. The molecule has 0 aliphatic heterocycles. The fraction of sp³-hybridized carbons (Fsp3) is 0.0714. The Kier molecular flexibility index (Phi) is 4.95. The topological polar surface area (TPSA) is 72.5 Å². The molecule has 0 fully saturated rings. The molecular weight excluding hydrogens is 349 g/mol. The van der Waals surface area contributed by atoms with Gasteiger partial charge in [-0.1, -0.05) is 23.2 Å². The maximum absolute atomic E-state index is 12.2. The van der Waals surface area contributed by atoms with Crippen molar-refractivity contribution in [2.45, 2.75) is 11.8 Å². The van der Waals surface area contributed by atoms with Gasteiger partial charge in [-0.15, -0.1) is 0 Å². The summed E-state index contributed by atoms with van der Waals surface area (Å²) in [6.45, 7) is 1.37. The average Bonchev–Trinajstić information content (AvgIpc) is 2.39. The summed E-state index contributed by atoms with van der Waals surface area (Å²) >= 11 is 11.6. The van der Waals surface area contributed by atoms with Crippen LogP contribution in [0.5, 0.6) is 5.75 Å². The minimum absolute atomic E-state index is 0.102. The van der Waals surface area contributed by atoms with Gasteiger partial charge in [-0.3, -0.25) is 4.79 Å². The van der Waals surface area contributed by atoms with Gasteiger partial charge in [0.25, 0.3) is 0 Å². The van der Waals surface area contributed by atoms with Crippen LogP contribution in [0.25, 0.3) is 0 Å². The van der Waals surface area contributed by atoms with Crippen molar-refractivity contribution in [1.82, 2.24) is 0 Å². The monoisotopic (exact) mass is 359 g/mol. The van der Waals surface area contributed by atoms with Gasteiger partial charge in [-0.25, -0.2) is 0 Å². The van der Waals surface area contributed by atoms with E-state index >= 15 is 0 Å². The van der Waals surface area contributed by atoms with Crippen LogP contribution in [-0.2, 0) is 14.9 Å². The number of hydrogen-bond donors (Lipinski definition) is 1. The number of rotatable bonds is 4. The van der Waals surface area contributed by atoms with E-state index in [-0.39, 0.29) is 26.6 Å². The Morgan fingerprint density at radius 3 is 2.09 bits per heavy atom. The predicted molar refractivity (Wildman–Crippen MR) is 85.0 cm³/mol. The predicted octanol–water partition coefficient (Wildman–Crippen LogP) is 3.72. The molecule has 0 spiro atoms. The van der Waals surface area contributed by atoms with Gasteiger partial charge >= 0.3 is 10.1 Å². The van der Waals surface area contributed by atoms with Gasteiger partial charge in [-0.2, -0.15) is 8.42 Å². The third kappa shape index (κ3) is 4.37. The summed E-state index contributed by atoms with van der Waals surface area (Å²) in [6.07, 6.45) is 0. The van der Waals surface area contributed by atoms with Crippen LogP contribution in [-0.4, -0.2) is 14.3 Å². The van der Waals surface area contributed by atoms with E-state index in [1.54, 1.807) is 0 Å². The second kappa shape index (κ2) is 6.56. The highest BCUT2D eigenvalue weighted by molar-refractivity contribution is 7.87. The van der Waals surface area contributed by atoms with Crippen molar-refractivity contribution in [3.05, 3.63) is 52.5 Å². The first-order valence-electron chi connectivity index (χ1n) is 6.04. The van der Waals surface area contributed by atoms with Gasteiger partial charge in [0.05, 0.1) is 0 Å². The molecule has 8 heteroatoms. The minimum atomic E-state index is -4.05. The molecule has 1 amide bonds. The highest BCUT2D eigenvalue weighted by Gasteiger charge is 2.18. The Morgan fingerprint density at radius 1 is 1.05 bits per heavy atom. The molecule has 2 rings (SSSR count). The van der Waals surface area contributed by atoms with Crippen LogP contribution in [0.1, 0.15) is 6.92 Å². The molecule has 1 N–H and O–H groups in total. The summed E-state index contributed by atoms with van der Waals surface area (Å²) in [4.78, 5) is 10.8. The van der Waals surface area contributed by atoms with Crippen LogP contribution < -0.4 is 9.50 Å². The smallest absolute Gasteiger partial charge is 0.339 e. The molecule has 2 aromatic carbocycles. The molecule has 2 aromatic rings. The van der Waals surface area contributed by atoms with E-state index in [9.17, 15) is 13.2 Å². The number of benzene rings is 2. The lowest BCUT2D eigenvalue weighted by Crippen LogP contribution is -2.10. The van der Waals surface area contributed by atoms with E-state index < -0.39 is 10.1 Å². The number of carbonyl (C=O) groups is 1. The van der Waals surface area contributed by atoms with Crippen molar-refractivity contribution in [3.63, 3.8) is 0 Å². The molecule has 0 unspecified atom stereocenters. The maximum atomic E-state index is 12.2. The second-order valence-electron chi connectivity index (χ2n) is 4.35. The Hall–Kier alpha value is -1.76. The Morgan fingerprint density at radius 2 is 1.59 bits per heavy atom. The molecule has 0 aromatic heterocycles. The third-order valence-corrected chi connectivity index (χ3v) is 4.17. The van der Waals surface area contributed by atoms with Crippen molar-refractivity contribution in [3.8, 4) is 5.75 Å². The van der Waals surface area contributed by atoms with Gasteiger partial charge in [0, 0.05) is 22.7 Å². The summed E-state index contributed by atoms with van der Waals surface area (Å²) in [7, 11) is -4.05. The lowest BCUT2D eigenvalue weighted by molar-refractivity contribution is -0.114. The zero-order valence-corrected chi connectivity index (χ0v) is 13.7. The van der Waals surface area contributed by atoms with Crippen molar-refractivity contribution < 1.29 is 17.4 Å². The van der Waals surface area contributed by atoms with Crippen LogP contribution in [0.2, 0.25) is 10.0 Å². The van der Waals surface area contributed by atoms with Gasteiger partial charge in [0.2, 0.25) is 5.91 Å². The first-order valence-corrected chi connectivity index (χ1v) is 8.21. The molecule has 0 atom stereocenters. The normalized spacial score (nSPS) is 11.0. The molecule has 5 nitrogen and oxygen atoms in total. The number of amides is 1. The Balaban J connectivity index is 2.23. The zero-order valence-electron chi connectivity index (χ0n) is 11.3. The number of halogens is 2. The van der Waals surface area contributed by atoms with Gasteiger partial charge in [0.1, 0.15) is 10.6 Å². The highest BCUT2D eigenvalue weighted by atomic mass is 35.5. The molecule has 0 bridgehead atoms.